The molecule has 3 N–H and O–H groups in total. The van der Waals surface area contributed by atoms with Crippen molar-refractivity contribution in [3.05, 3.63) is 71.8 Å². The van der Waals surface area contributed by atoms with Crippen molar-refractivity contribution in [1.29, 1.82) is 0 Å². The van der Waals surface area contributed by atoms with Crippen molar-refractivity contribution >= 4 is 22.6 Å². The van der Waals surface area contributed by atoms with E-state index in [2.05, 4.69) is 10.5 Å². The maximum Gasteiger partial charge on any atom is 0.271 e. The lowest BCUT2D eigenvalue weighted by Gasteiger charge is -2.00. The number of nitrogens with one attached hydrogen (secondary N) is 1. The third kappa shape index (κ3) is 2.92. The van der Waals surface area contributed by atoms with Crippen LogP contribution in [-0.2, 0) is 0 Å². The number of anilines is 1. The van der Waals surface area contributed by atoms with Crippen molar-refractivity contribution in [2.75, 3.05) is 5.73 Å². The number of hydrogen-bond donors (Lipinski definition) is 2. The zero-order valence-corrected chi connectivity index (χ0v) is 11.1. The number of carbonyl (C=O) groups excluding carboxylic acids is 1. The van der Waals surface area contributed by atoms with Crippen LogP contribution < -0.4 is 16.7 Å². The van der Waals surface area contributed by atoms with E-state index < -0.39 is 0 Å². The van der Waals surface area contributed by atoms with Crippen LogP contribution in [0.2, 0.25) is 0 Å². The lowest BCUT2D eigenvalue weighted by molar-refractivity contribution is 0.0951. The lowest BCUT2D eigenvalue weighted by Crippen LogP contribution is -2.20. The minimum atomic E-state index is -0.321. The molecule has 0 saturated heterocycles. The van der Waals surface area contributed by atoms with Gasteiger partial charge in [-0.25, -0.2) is 5.43 Å². The zero-order valence-electron chi connectivity index (χ0n) is 11.1. The highest BCUT2D eigenvalue weighted by molar-refractivity contribution is 5.94. The van der Waals surface area contributed by atoms with Crippen LogP contribution in [0.4, 0.5) is 5.69 Å². The maximum absolute atomic E-state index is 11.9. The standard InChI is InChI=1S/C16H13N3O2/c17-13-8-5-12(6-9-13)16(20)19-18-15-10-7-11-3-1-2-4-14(11)21-15/h1-10H,17H2,(H,19,20)/b18-15-. The van der Waals surface area contributed by atoms with Crippen LogP contribution in [0.5, 0.6) is 0 Å². The fourth-order valence-corrected chi connectivity index (χ4v) is 1.88. The summed E-state index contributed by atoms with van der Waals surface area (Å²) in [4.78, 5) is 11.9. The third-order valence-electron chi connectivity index (χ3n) is 2.98. The van der Waals surface area contributed by atoms with Crippen molar-refractivity contribution in [2.24, 2.45) is 5.10 Å². The molecule has 1 amide bonds. The molecule has 0 unspecified atom stereocenters. The summed E-state index contributed by atoms with van der Waals surface area (Å²) in [6.45, 7) is 0. The molecule has 21 heavy (non-hydrogen) atoms. The van der Waals surface area contributed by atoms with Crippen molar-refractivity contribution in [3.63, 3.8) is 0 Å². The molecule has 3 aromatic rings. The molecule has 3 rings (SSSR count). The predicted molar refractivity (Wildman–Crippen MR) is 80.1 cm³/mol. The van der Waals surface area contributed by atoms with Crippen molar-refractivity contribution in [2.45, 2.75) is 0 Å². The summed E-state index contributed by atoms with van der Waals surface area (Å²) in [7, 11) is 0. The first-order valence-electron chi connectivity index (χ1n) is 6.41. The van der Waals surface area contributed by atoms with Crippen LogP contribution in [0.15, 0.2) is 70.2 Å². The van der Waals surface area contributed by atoms with Gasteiger partial charge in [0.1, 0.15) is 5.58 Å². The highest BCUT2D eigenvalue weighted by Crippen LogP contribution is 2.09. The molecule has 0 aliphatic carbocycles. The average Bonchev–Trinajstić information content (AvgIpc) is 2.53. The number of carbonyl (C=O) groups is 1. The number of nitrogens with zero attached hydrogens (tertiary/aromatic N) is 1. The van der Waals surface area contributed by atoms with Crippen LogP contribution in [0, 0.1) is 0 Å². The Morgan fingerprint density at radius 2 is 1.76 bits per heavy atom. The molecule has 104 valence electrons. The second-order valence-corrected chi connectivity index (χ2v) is 4.49. The van der Waals surface area contributed by atoms with Gasteiger partial charge in [0.15, 0.2) is 0 Å². The van der Waals surface area contributed by atoms with Crippen LogP contribution in [0.3, 0.4) is 0 Å². The van der Waals surface area contributed by atoms with Crippen molar-refractivity contribution in [3.8, 4) is 0 Å². The van der Waals surface area contributed by atoms with Gasteiger partial charge in [0.05, 0.1) is 0 Å². The van der Waals surface area contributed by atoms with E-state index in [9.17, 15) is 4.79 Å². The Hall–Kier alpha value is -3.08. The van der Waals surface area contributed by atoms with E-state index in [1.807, 2.05) is 30.3 Å². The summed E-state index contributed by atoms with van der Waals surface area (Å²) in [5.74, 6) is -0.321. The summed E-state index contributed by atoms with van der Waals surface area (Å²) in [6.07, 6.45) is 0. The molecule has 5 heteroatoms. The Balaban J connectivity index is 1.83. The summed E-state index contributed by atoms with van der Waals surface area (Å²) in [5.41, 5.74) is 10.2. The largest absolute Gasteiger partial charge is 0.437 e. The Morgan fingerprint density at radius 3 is 2.57 bits per heavy atom. The van der Waals surface area contributed by atoms with E-state index in [0.29, 0.717) is 22.4 Å². The molecule has 0 radical (unpaired) electrons. The SMILES string of the molecule is Nc1ccc(C(=O)N/N=c2/ccc3ccccc3o2)cc1. The maximum atomic E-state index is 11.9. The topological polar surface area (TPSA) is 80.6 Å². The highest BCUT2D eigenvalue weighted by atomic mass is 16.3. The molecule has 5 nitrogen and oxygen atoms in total. The Morgan fingerprint density at radius 1 is 1.00 bits per heavy atom. The van der Waals surface area contributed by atoms with Gasteiger partial charge in [-0.1, -0.05) is 18.2 Å². The van der Waals surface area contributed by atoms with Gasteiger partial charge in [-0.15, -0.1) is 5.10 Å². The number of para-hydroxylation sites is 1. The highest BCUT2D eigenvalue weighted by Gasteiger charge is 2.03. The minimum absolute atomic E-state index is 0.321. The first-order chi connectivity index (χ1) is 10.2. The molecule has 0 bridgehead atoms. The summed E-state index contributed by atoms with van der Waals surface area (Å²) >= 11 is 0. The van der Waals surface area contributed by atoms with Crippen LogP contribution in [0.1, 0.15) is 10.4 Å². The number of benzene rings is 2. The average molecular weight is 279 g/mol. The van der Waals surface area contributed by atoms with E-state index in [-0.39, 0.29) is 5.91 Å². The number of nitrogen functional groups attached to an aromatic ring is 1. The zero-order chi connectivity index (χ0) is 14.7. The third-order valence-corrected chi connectivity index (χ3v) is 2.98. The van der Waals surface area contributed by atoms with Gasteiger partial charge in [0.2, 0.25) is 5.55 Å². The minimum Gasteiger partial charge on any atom is -0.437 e. The van der Waals surface area contributed by atoms with Gasteiger partial charge in [-0.05, 0) is 36.4 Å². The van der Waals surface area contributed by atoms with Crippen LogP contribution >= 0.6 is 0 Å². The van der Waals surface area contributed by atoms with Gasteiger partial charge in [-0.2, -0.15) is 0 Å². The fraction of sp³-hybridized carbons (Fsp3) is 0. The number of hydrogen-bond acceptors (Lipinski definition) is 4. The Labute approximate surface area is 120 Å². The molecular formula is C16H13N3O2. The summed E-state index contributed by atoms with van der Waals surface area (Å²) in [5, 5.41) is 4.93. The summed E-state index contributed by atoms with van der Waals surface area (Å²) < 4.78 is 5.57. The number of rotatable bonds is 2. The van der Waals surface area contributed by atoms with Gasteiger partial charge >= 0.3 is 0 Å². The van der Waals surface area contributed by atoms with E-state index in [0.717, 1.165) is 5.39 Å². The predicted octanol–water partition coefficient (Wildman–Crippen LogP) is 2.26. The number of amides is 1. The monoisotopic (exact) mass is 279 g/mol. The Kier molecular flexibility index (Phi) is 3.39. The second-order valence-electron chi connectivity index (χ2n) is 4.49. The molecule has 0 saturated carbocycles. The van der Waals surface area contributed by atoms with Crippen LogP contribution in [0.25, 0.3) is 11.0 Å². The van der Waals surface area contributed by atoms with E-state index in [4.69, 9.17) is 10.2 Å². The molecular weight excluding hydrogens is 266 g/mol. The van der Waals surface area contributed by atoms with E-state index in [1.54, 1.807) is 30.3 Å². The van der Waals surface area contributed by atoms with E-state index >= 15 is 0 Å². The fourth-order valence-electron chi connectivity index (χ4n) is 1.88. The Bertz CT molecular complexity index is 851. The van der Waals surface area contributed by atoms with Gasteiger partial charge < -0.3 is 10.2 Å². The number of fused-ring (bicyclic) bond motifs is 1. The molecule has 0 atom stereocenters. The van der Waals surface area contributed by atoms with E-state index in [1.165, 1.54) is 0 Å². The van der Waals surface area contributed by atoms with Gasteiger partial charge in [0, 0.05) is 22.7 Å². The first-order valence-corrected chi connectivity index (χ1v) is 6.41. The van der Waals surface area contributed by atoms with Crippen molar-refractivity contribution < 1.29 is 9.21 Å². The molecule has 0 aliphatic rings. The molecule has 1 heterocycles. The second kappa shape index (κ2) is 5.50. The smallest absolute Gasteiger partial charge is 0.271 e. The van der Waals surface area contributed by atoms with Crippen molar-refractivity contribution in [1.82, 2.24) is 5.43 Å². The quantitative estimate of drug-likeness (QED) is 0.557. The lowest BCUT2D eigenvalue weighted by atomic mass is 10.2. The molecule has 0 fully saturated rings. The normalized spacial score (nSPS) is 11.5. The van der Waals surface area contributed by atoms with Crippen LogP contribution in [-0.4, -0.2) is 5.91 Å². The first kappa shape index (κ1) is 12.9. The van der Waals surface area contributed by atoms with Gasteiger partial charge in [0.25, 0.3) is 5.91 Å². The molecule has 2 aromatic carbocycles. The van der Waals surface area contributed by atoms with Gasteiger partial charge in [-0.3, -0.25) is 4.79 Å². The molecule has 1 aromatic heterocycles. The number of nitrogens with two attached hydrogens (primary N) is 1. The molecule has 0 aliphatic heterocycles. The molecule has 0 spiro atoms. The summed E-state index contributed by atoms with van der Waals surface area (Å²) in [6, 6.07) is 17.8.